The Kier molecular flexibility index (Phi) is 5.09. The molecule has 0 radical (unpaired) electrons. The van der Waals surface area contributed by atoms with Crippen LogP contribution < -0.4 is 10.6 Å². The molecule has 0 unspecified atom stereocenters. The lowest BCUT2D eigenvalue weighted by molar-refractivity contribution is 0.568. The second kappa shape index (κ2) is 8.01. The van der Waals surface area contributed by atoms with Crippen molar-refractivity contribution in [1.29, 1.82) is 5.26 Å². The minimum Gasteiger partial charge on any atom is -0.472 e. The first kappa shape index (κ1) is 19.1. The van der Waals surface area contributed by atoms with Gasteiger partial charge >= 0.3 is 0 Å². The number of nitrogens with one attached hydrogen (secondary N) is 2. The van der Waals surface area contributed by atoms with Crippen LogP contribution in [0.15, 0.2) is 65.6 Å². The molecule has 148 valence electrons. The van der Waals surface area contributed by atoms with Crippen molar-refractivity contribution in [1.82, 2.24) is 9.97 Å². The molecule has 4 aromatic rings. The van der Waals surface area contributed by atoms with E-state index in [-0.39, 0.29) is 17.5 Å². The van der Waals surface area contributed by atoms with Crippen LogP contribution in [0.5, 0.6) is 0 Å². The van der Waals surface area contributed by atoms with Crippen LogP contribution in [0.3, 0.4) is 0 Å². The maximum absolute atomic E-state index is 14.6. The molecule has 2 N–H and O–H groups in total. The summed E-state index contributed by atoms with van der Waals surface area (Å²) in [5.41, 5.74) is 2.44. The van der Waals surface area contributed by atoms with Crippen LogP contribution in [0.25, 0.3) is 11.1 Å². The average molecular weight is 403 g/mol. The third-order valence-corrected chi connectivity index (χ3v) is 4.38. The van der Waals surface area contributed by atoms with Crippen LogP contribution in [0, 0.1) is 29.9 Å². The molecule has 0 atom stereocenters. The number of benzene rings is 2. The summed E-state index contributed by atoms with van der Waals surface area (Å²) in [5, 5.41) is 14.6. The van der Waals surface area contributed by atoms with Crippen molar-refractivity contribution in [2.75, 3.05) is 10.6 Å². The number of halogens is 2. The van der Waals surface area contributed by atoms with Gasteiger partial charge < -0.3 is 15.1 Å². The van der Waals surface area contributed by atoms with Gasteiger partial charge in [0, 0.05) is 23.0 Å². The van der Waals surface area contributed by atoms with Crippen molar-refractivity contribution >= 4 is 23.1 Å². The van der Waals surface area contributed by atoms with E-state index >= 15 is 0 Å². The lowest BCUT2D eigenvalue weighted by Crippen LogP contribution is -2.05. The van der Waals surface area contributed by atoms with Crippen molar-refractivity contribution in [3.05, 3.63) is 83.9 Å². The molecule has 8 heteroatoms. The topological polar surface area (TPSA) is 86.8 Å². The molecule has 4 rings (SSSR count). The number of nitriles is 1. The van der Waals surface area contributed by atoms with Crippen molar-refractivity contribution in [3.63, 3.8) is 0 Å². The maximum Gasteiger partial charge on any atom is 0.229 e. The van der Waals surface area contributed by atoms with Gasteiger partial charge in [0.1, 0.15) is 23.1 Å². The average Bonchev–Trinajstić information content (AvgIpc) is 3.28. The lowest BCUT2D eigenvalue weighted by atomic mass is 10.1. The van der Waals surface area contributed by atoms with Crippen LogP contribution in [0.2, 0.25) is 0 Å². The van der Waals surface area contributed by atoms with Gasteiger partial charge in [0.15, 0.2) is 0 Å². The molecule has 0 bridgehead atoms. The number of hydrogen-bond donors (Lipinski definition) is 2. The molecular weight excluding hydrogens is 388 g/mol. The Morgan fingerprint density at radius 3 is 2.37 bits per heavy atom. The molecule has 0 saturated heterocycles. The Labute approximate surface area is 170 Å². The zero-order valence-corrected chi connectivity index (χ0v) is 15.8. The zero-order chi connectivity index (χ0) is 21.1. The summed E-state index contributed by atoms with van der Waals surface area (Å²) in [4.78, 5) is 8.50. The highest BCUT2D eigenvalue weighted by Crippen LogP contribution is 2.30. The third kappa shape index (κ3) is 3.95. The first-order chi connectivity index (χ1) is 14.5. The van der Waals surface area contributed by atoms with Gasteiger partial charge in [-0.1, -0.05) is 0 Å². The fourth-order valence-electron chi connectivity index (χ4n) is 2.79. The molecule has 6 nitrogen and oxygen atoms in total. The molecule has 0 aliphatic carbocycles. The Bertz CT molecular complexity index is 1210. The van der Waals surface area contributed by atoms with Crippen LogP contribution >= 0.6 is 0 Å². The van der Waals surface area contributed by atoms with Gasteiger partial charge in [-0.05, 0) is 55.0 Å². The van der Waals surface area contributed by atoms with Crippen molar-refractivity contribution in [2.24, 2.45) is 0 Å². The first-order valence-electron chi connectivity index (χ1n) is 8.93. The van der Waals surface area contributed by atoms with Gasteiger partial charge in [-0.15, -0.1) is 0 Å². The third-order valence-electron chi connectivity index (χ3n) is 4.38. The monoisotopic (exact) mass is 403 g/mol. The summed E-state index contributed by atoms with van der Waals surface area (Å²) in [6.45, 7) is 1.73. The second-order valence-corrected chi connectivity index (χ2v) is 6.49. The van der Waals surface area contributed by atoms with E-state index in [1.165, 1.54) is 30.9 Å². The van der Waals surface area contributed by atoms with Crippen LogP contribution in [0.4, 0.5) is 31.9 Å². The smallest absolute Gasteiger partial charge is 0.229 e. The minimum absolute atomic E-state index is 0.239. The molecule has 2 aromatic carbocycles. The number of nitrogens with zero attached hydrogens (tertiary/aromatic N) is 3. The second-order valence-electron chi connectivity index (χ2n) is 6.49. The SMILES string of the molecule is Cc1cnc(Nc2ccc(C#N)cc2)nc1Nc1c(F)cc(-c2ccoc2)cc1F. The van der Waals surface area contributed by atoms with Gasteiger partial charge in [0.25, 0.3) is 0 Å². The van der Waals surface area contributed by atoms with Crippen molar-refractivity contribution < 1.29 is 13.2 Å². The van der Waals surface area contributed by atoms with E-state index in [9.17, 15) is 8.78 Å². The largest absolute Gasteiger partial charge is 0.472 e. The molecule has 0 spiro atoms. The number of furan rings is 1. The number of anilines is 4. The summed E-state index contributed by atoms with van der Waals surface area (Å²) >= 11 is 0. The standard InChI is InChI=1S/C22H15F2N5O/c1-13-11-26-22(27-17-4-2-14(10-25)3-5-17)29-21(13)28-20-18(23)8-16(9-19(20)24)15-6-7-30-12-15/h2-9,11-12H,1H3,(H2,26,27,28,29). The summed E-state index contributed by atoms with van der Waals surface area (Å²) < 4.78 is 34.2. The zero-order valence-electron chi connectivity index (χ0n) is 15.8. The Balaban J connectivity index is 1.60. The van der Waals surface area contributed by atoms with Gasteiger partial charge in [0.2, 0.25) is 5.95 Å². The molecule has 2 aromatic heterocycles. The van der Waals surface area contributed by atoms with E-state index in [1.54, 1.807) is 37.3 Å². The number of aromatic nitrogens is 2. The molecule has 0 aliphatic heterocycles. The first-order valence-corrected chi connectivity index (χ1v) is 8.93. The Hall–Kier alpha value is -4.25. The summed E-state index contributed by atoms with van der Waals surface area (Å²) in [5.74, 6) is -1.02. The molecular formula is C22H15F2N5O. The maximum atomic E-state index is 14.6. The fourth-order valence-corrected chi connectivity index (χ4v) is 2.79. The number of aryl methyl sites for hydroxylation is 1. The predicted molar refractivity (Wildman–Crippen MR) is 109 cm³/mol. The molecule has 0 aliphatic rings. The van der Waals surface area contributed by atoms with E-state index in [1.807, 2.05) is 6.07 Å². The van der Waals surface area contributed by atoms with Crippen LogP contribution in [-0.4, -0.2) is 9.97 Å². The molecule has 0 fully saturated rings. The van der Waals surface area contributed by atoms with Crippen LogP contribution in [-0.2, 0) is 0 Å². The minimum atomic E-state index is -0.759. The number of rotatable bonds is 5. The van der Waals surface area contributed by atoms with Gasteiger partial charge in [-0.25, -0.2) is 13.8 Å². The van der Waals surface area contributed by atoms with Crippen LogP contribution in [0.1, 0.15) is 11.1 Å². The molecule has 0 saturated carbocycles. The fraction of sp³-hybridized carbons (Fsp3) is 0.0455. The van der Waals surface area contributed by atoms with E-state index < -0.39 is 11.6 Å². The van der Waals surface area contributed by atoms with Crippen molar-refractivity contribution in [3.8, 4) is 17.2 Å². The van der Waals surface area contributed by atoms with E-state index in [2.05, 4.69) is 20.6 Å². The van der Waals surface area contributed by atoms with E-state index in [0.717, 1.165) is 0 Å². The highest BCUT2D eigenvalue weighted by atomic mass is 19.1. The highest BCUT2D eigenvalue weighted by Gasteiger charge is 2.15. The van der Waals surface area contributed by atoms with Gasteiger partial charge in [-0.2, -0.15) is 10.2 Å². The number of hydrogen-bond acceptors (Lipinski definition) is 6. The molecule has 2 heterocycles. The lowest BCUT2D eigenvalue weighted by Gasteiger charge is -2.13. The normalized spacial score (nSPS) is 10.5. The summed E-state index contributed by atoms with van der Waals surface area (Å²) in [6.07, 6.45) is 4.39. The summed E-state index contributed by atoms with van der Waals surface area (Å²) in [6, 6.07) is 12.8. The summed E-state index contributed by atoms with van der Waals surface area (Å²) in [7, 11) is 0. The van der Waals surface area contributed by atoms with Crippen molar-refractivity contribution in [2.45, 2.75) is 6.92 Å². The van der Waals surface area contributed by atoms with E-state index in [4.69, 9.17) is 9.68 Å². The quantitative estimate of drug-likeness (QED) is 0.446. The van der Waals surface area contributed by atoms with Gasteiger partial charge in [-0.3, -0.25) is 0 Å². The Morgan fingerprint density at radius 1 is 1.00 bits per heavy atom. The predicted octanol–water partition coefficient (Wildman–Crippen LogP) is 5.68. The van der Waals surface area contributed by atoms with E-state index in [0.29, 0.717) is 27.9 Å². The molecule has 0 amide bonds. The van der Waals surface area contributed by atoms with Gasteiger partial charge in [0.05, 0.1) is 24.2 Å². The highest BCUT2D eigenvalue weighted by molar-refractivity contribution is 5.69. The Morgan fingerprint density at radius 2 is 1.73 bits per heavy atom. The molecule has 30 heavy (non-hydrogen) atoms.